The average molecular weight is 142 g/mol. The van der Waals surface area contributed by atoms with Crippen molar-refractivity contribution < 1.29 is 9.53 Å². The molecule has 0 unspecified atom stereocenters. The molecule has 58 valence electrons. The highest BCUT2D eigenvalue weighted by molar-refractivity contribution is 5.93. The van der Waals surface area contributed by atoms with E-state index in [0.29, 0.717) is 5.78 Å². The molecule has 0 aromatic carbocycles. The smallest absolute Gasteiger partial charge is 0.146 e. The predicted octanol–water partition coefficient (Wildman–Crippen LogP) is 1.25. The van der Waals surface area contributed by atoms with Gasteiger partial charge in [-0.15, -0.1) is 0 Å². The molecular formula is C8H14O2. The van der Waals surface area contributed by atoms with Gasteiger partial charge in [0.15, 0.2) is 0 Å². The summed E-state index contributed by atoms with van der Waals surface area (Å²) in [5, 5.41) is 0. The summed E-state index contributed by atoms with van der Waals surface area (Å²) >= 11 is 0. The molecule has 1 fully saturated rings. The Morgan fingerprint density at radius 3 is 2.20 bits per heavy atom. The maximum Gasteiger partial charge on any atom is 0.146 e. The summed E-state index contributed by atoms with van der Waals surface area (Å²) in [4.78, 5) is 11.2. The fourth-order valence-corrected chi connectivity index (χ4v) is 1.89. The summed E-state index contributed by atoms with van der Waals surface area (Å²) < 4.78 is 5.16. The van der Waals surface area contributed by atoms with Gasteiger partial charge in [0.2, 0.25) is 0 Å². The first-order valence-electron chi connectivity index (χ1n) is 3.59. The molecular weight excluding hydrogens is 128 g/mol. The number of carbonyl (C=O) groups is 1. The number of methoxy groups -OCH3 is 1. The van der Waals surface area contributed by atoms with Crippen LogP contribution in [0.3, 0.4) is 0 Å². The minimum Gasteiger partial charge on any atom is -0.380 e. The monoisotopic (exact) mass is 142 g/mol. The number of hydrogen-bond acceptors (Lipinski definition) is 2. The van der Waals surface area contributed by atoms with Crippen LogP contribution in [0, 0.1) is 11.3 Å². The van der Waals surface area contributed by atoms with Crippen molar-refractivity contribution in [3.63, 3.8) is 0 Å². The number of ether oxygens (including phenoxy) is 1. The minimum atomic E-state index is -0.242. The van der Waals surface area contributed by atoms with Crippen LogP contribution in [0.5, 0.6) is 0 Å². The molecule has 2 heteroatoms. The topological polar surface area (TPSA) is 26.3 Å². The second-order valence-electron chi connectivity index (χ2n) is 3.53. The third-order valence-electron chi connectivity index (χ3n) is 2.47. The zero-order valence-electron chi connectivity index (χ0n) is 6.97. The van der Waals surface area contributed by atoms with Gasteiger partial charge in [-0.2, -0.15) is 0 Å². The Kier molecular flexibility index (Phi) is 1.59. The molecule has 0 aromatic heterocycles. The largest absolute Gasteiger partial charge is 0.380 e. The molecule has 1 aliphatic rings. The Balaban J connectivity index is 2.71. The number of Topliss-reactive ketones (excluding diaryl/α,β-unsaturated/α-hetero) is 1. The number of hydrogen-bond donors (Lipinski definition) is 0. The molecule has 0 heterocycles. The lowest BCUT2D eigenvalue weighted by Gasteiger charge is -2.46. The Morgan fingerprint density at radius 1 is 1.50 bits per heavy atom. The van der Waals surface area contributed by atoms with E-state index in [1.165, 1.54) is 0 Å². The molecule has 1 saturated carbocycles. The van der Waals surface area contributed by atoms with E-state index in [0.717, 1.165) is 0 Å². The zero-order valence-corrected chi connectivity index (χ0v) is 6.97. The van der Waals surface area contributed by atoms with E-state index < -0.39 is 0 Å². The molecule has 0 amide bonds. The SMILES string of the molecule is CO[C@H]1[C@H](C)C(=O)C1(C)C. The summed E-state index contributed by atoms with van der Waals surface area (Å²) in [5.74, 6) is 0.416. The van der Waals surface area contributed by atoms with Gasteiger partial charge in [0.05, 0.1) is 11.5 Å². The van der Waals surface area contributed by atoms with E-state index >= 15 is 0 Å². The van der Waals surface area contributed by atoms with Gasteiger partial charge in [-0.05, 0) is 0 Å². The lowest BCUT2D eigenvalue weighted by Crippen LogP contribution is -2.58. The fraction of sp³-hybridized carbons (Fsp3) is 0.875. The van der Waals surface area contributed by atoms with Crippen LogP contribution in [0.1, 0.15) is 20.8 Å². The second kappa shape index (κ2) is 2.06. The van der Waals surface area contributed by atoms with Crippen LogP contribution in [0.15, 0.2) is 0 Å². The summed E-state index contributed by atoms with van der Waals surface area (Å²) in [6.45, 7) is 5.79. The molecule has 0 aliphatic heterocycles. The zero-order chi connectivity index (χ0) is 7.94. The summed E-state index contributed by atoms with van der Waals surface area (Å²) in [6, 6.07) is 0. The van der Waals surface area contributed by atoms with Gasteiger partial charge in [-0.3, -0.25) is 4.79 Å². The molecule has 0 saturated heterocycles. The molecule has 0 aromatic rings. The Hall–Kier alpha value is -0.370. The number of carbonyl (C=O) groups excluding carboxylic acids is 1. The molecule has 0 spiro atoms. The molecule has 0 radical (unpaired) electrons. The summed E-state index contributed by atoms with van der Waals surface area (Å²) in [6.07, 6.45) is 0.125. The number of ketones is 1. The van der Waals surface area contributed by atoms with Gasteiger partial charge < -0.3 is 4.74 Å². The van der Waals surface area contributed by atoms with Crippen LogP contribution in [0.25, 0.3) is 0 Å². The highest BCUT2D eigenvalue weighted by Crippen LogP contribution is 2.42. The Bertz CT molecular complexity index is 161. The van der Waals surface area contributed by atoms with Crippen LogP contribution in [-0.4, -0.2) is 19.0 Å². The van der Waals surface area contributed by atoms with Gasteiger partial charge >= 0.3 is 0 Å². The maximum atomic E-state index is 11.2. The molecule has 0 N–H and O–H groups in total. The highest BCUT2D eigenvalue weighted by Gasteiger charge is 2.53. The fourth-order valence-electron chi connectivity index (χ4n) is 1.89. The number of rotatable bonds is 1. The standard InChI is InChI=1S/C8H14O2/c1-5-6(9)8(2,3)7(5)10-4/h5,7H,1-4H3/t5-,7+/m1/s1. The van der Waals surface area contributed by atoms with Crippen LogP contribution in [-0.2, 0) is 9.53 Å². The van der Waals surface area contributed by atoms with Gasteiger partial charge in [0, 0.05) is 13.0 Å². The van der Waals surface area contributed by atoms with Crippen molar-refractivity contribution in [3.8, 4) is 0 Å². The molecule has 2 atom stereocenters. The second-order valence-corrected chi connectivity index (χ2v) is 3.53. The first-order valence-corrected chi connectivity index (χ1v) is 3.59. The van der Waals surface area contributed by atoms with E-state index in [1.54, 1.807) is 7.11 Å². The lowest BCUT2D eigenvalue weighted by atomic mass is 9.61. The van der Waals surface area contributed by atoms with Crippen LogP contribution < -0.4 is 0 Å². The van der Waals surface area contributed by atoms with Gasteiger partial charge in [-0.25, -0.2) is 0 Å². The average Bonchev–Trinajstić information content (AvgIpc) is 1.88. The van der Waals surface area contributed by atoms with Crippen molar-refractivity contribution in [2.45, 2.75) is 26.9 Å². The third kappa shape index (κ3) is 0.717. The van der Waals surface area contributed by atoms with Gasteiger partial charge in [0.25, 0.3) is 0 Å². The quantitative estimate of drug-likeness (QED) is 0.550. The normalized spacial score (nSPS) is 37.4. The van der Waals surface area contributed by atoms with Crippen LogP contribution in [0.2, 0.25) is 0 Å². The van der Waals surface area contributed by atoms with E-state index in [-0.39, 0.29) is 17.4 Å². The van der Waals surface area contributed by atoms with E-state index in [2.05, 4.69) is 0 Å². The van der Waals surface area contributed by atoms with Gasteiger partial charge in [-0.1, -0.05) is 20.8 Å². The van der Waals surface area contributed by atoms with E-state index in [9.17, 15) is 4.79 Å². The van der Waals surface area contributed by atoms with Crippen molar-refractivity contribution >= 4 is 5.78 Å². The van der Waals surface area contributed by atoms with Crippen LogP contribution >= 0.6 is 0 Å². The van der Waals surface area contributed by atoms with Crippen molar-refractivity contribution in [3.05, 3.63) is 0 Å². The maximum absolute atomic E-state index is 11.2. The minimum absolute atomic E-state index is 0.0972. The van der Waals surface area contributed by atoms with Crippen molar-refractivity contribution in [2.24, 2.45) is 11.3 Å². The van der Waals surface area contributed by atoms with Crippen molar-refractivity contribution in [1.29, 1.82) is 0 Å². The van der Waals surface area contributed by atoms with E-state index in [4.69, 9.17) is 4.74 Å². The van der Waals surface area contributed by atoms with E-state index in [1.807, 2.05) is 20.8 Å². The third-order valence-corrected chi connectivity index (χ3v) is 2.47. The molecule has 10 heavy (non-hydrogen) atoms. The molecule has 1 rings (SSSR count). The Morgan fingerprint density at radius 2 is 2.00 bits per heavy atom. The summed E-state index contributed by atoms with van der Waals surface area (Å²) in [5.41, 5.74) is -0.242. The van der Waals surface area contributed by atoms with Gasteiger partial charge in [0.1, 0.15) is 5.78 Å². The summed E-state index contributed by atoms with van der Waals surface area (Å²) in [7, 11) is 1.66. The Labute approximate surface area is 61.6 Å². The first-order chi connectivity index (χ1) is 4.51. The van der Waals surface area contributed by atoms with Crippen molar-refractivity contribution in [1.82, 2.24) is 0 Å². The molecule has 0 bridgehead atoms. The first kappa shape index (κ1) is 7.73. The lowest BCUT2D eigenvalue weighted by molar-refractivity contribution is -0.167. The van der Waals surface area contributed by atoms with Crippen molar-refractivity contribution in [2.75, 3.05) is 7.11 Å². The van der Waals surface area contributed by atoms with Crippen LogP contribution in [0.4, 0.5) is 0 Å². The molecule has 2 nitrogen and oxygen atoms in total. The highest BCUT2D eigenvalue weighted by atomic mass is 16.5. The molecule has 1 aliphatic carbocycles. The predicted molar refractivity (Wildman–Crippen MR) is 38.7 cm³/mol.